The molecule has 1 heterocycles. The summed E-state index contributed by atoms with van der Waals surface area (Å²) in [5.74, 6) is -1.63. The Bertz CT molecular complexity index is 985. The number of piperazine rings is 1. The van der Waals surface area contributed by atoms with E-state index in [1.54, 1.807) is 4.90 Å². The maximum absolute atomic E-state index is 13.7. The number of benzene rings is 3. The largest absolute Gasteiger partial charge is 0.480 e. The summed E-state index contributed by atoms with van der Waals surface area (Å²) in [5.41, 5.74) is 2.98. The van der Waals surface area contributed by atoms with E-state index in [1.165, 1.54) is 5.56 Å². The number of rotatable bonds is 7. The molecule has 1 atom stereocenters. The van der Waals surface area contributed by atoms with E-state index in [-0.39, 0.29) is 5.91 Å². The molecule has 1 fully saturated rings. The Labute approximate surface area is 188 Å². The second-order valence-corrected chi connectivity index (χ2v) is 8.18. The van der Waals surface area contributed by atoms with Gasteiger partial charge in [0, 0.05) is 26.2 Å². The lowest BCUT2D eigenvalue weighted by Gasteiger charge is -2.41. The van der Waals surface area contributed by atoms with Crippen molar-refractivity contribution in [2.24, 2.45) is 0 Å². The minimum Gasteiger partial charge on any atom is -0.480 e. The van der Waals surface area contributed by atoms with E-state index in [2.05, 4.69) is 17.0 Å². The topological polar surface area (TPSA) is 60.9 Å². The van der Waals surface area contributed by atoms with E-state index in [4.69, 9.17) is 0 Å². The molecule has 0 saturated carbocycles. The number of carbonyl (C=O) groups excluding carboxylic acids is 1. The van der Waals surface area contributed by atoms with Gasteiger partial charge in [0.25, 0.3) is 0 Å². The molecular weight excluding hydrogens is 400 g/mol. The van der Waals surface area contributed by atoms with Crippen molar-refractivity contribution in [2.45, 2.75) is 18.4 Å². The highest BCUT2D eigenvalue weighted by molar-refractivity contribution is 5.91. The fraction of sp³-hybridized carbons (Fsp3) is 0.259. The highest BCUT2D eigenvalue weighted by atomic mass is 16.4. The van der Waals surface area contributed by atoms with E-state index in [0.717, 1.165) is 24.1 Å². The molecule has 1 amide bonds. The molecular formula is C27H28N2O3. The smallest absolute Gasteiger partial charge is 0.327 e. The fourth-order valence-electron chi connectivity index (χ4n) is 4.38. The zero-order chi connectivity index (χ0) is 22.3. The third-order valence-electron chi connectivity index (χ3n) is 6.10. The summed E-state index contributed by atoms with van der Waals surface area (Å²) in [4.78, 5) is 29.6. The first-order valence-electron chi connectivity index (χ1n) is 11.0. The maximum atomic E-state index is 13.7. The quantitative estimate of drug-likeness (QED) is 0.624. The summed E-state index contributed by atoms with van der Waals surface area (Å²) in [5, 5.41) is 9.96. The molecule has 4 rings (SSSR count). The van der Waals surface area contributed by atoms with Crippen LogP contribution in [0.2, 0.25) is 0 Å². The first kappa shape index (κ1) is 21.8. The van der Waals surface area contributed by atoms with Crippen LogP contribution in [0.3, 0.4) is 0 Å². The minimum atomic E-state index is -0.956. The average Bonchev–Trinajstić information content (AvgIpc) is 2.84. The van der Waals surface area contributed by atoms with Gasteiger partial charge in [0.2, 0.25) is 5.91 Å². The van der Waals surface area contributed by atoms with Crippen LogP contribution in [-0.2, 0) is 16.0 Å². The summed E-state index contributed by atoms with van der Waals surface area (Å²) in [6.07, 6.45) is 0.859. The average molecular weight is 429 g/mol. The molecule has 164 valence electrons. The summed E-state index contributed by atoms with van der Waals surface area (Å²) in [7, 11) is 0. The van der Waals surface area contributed by atoms with Crippen molar-refractivity contribution in [2.75, 3.05) is 26.2 Å². The van der Waals surface area contributed by atoms with Gasteiger partial charge >= 0.3 is 5.97 Å². The number of nitrogens with zero attached hydrogens (tertiary/aromatic N) is 2. The van der Waals surface area contributed by atoms with Gasteiger partial charge in [-0.1, -0.05) is 91.0 Å². The second-order valence-electron chi connectivity index (χ2n) is 8.18. The van der Waals surface area contributed by atoms with Gasteiger partial charge in [-0.15, -0.1) is 0 Å². The summed E-state index contributed by atoms with van der Waals surface area (Å²) < 4.78 is 0. The van der Waals surface area contributed by atoms with Gasteiger partial charge < -0.3 is 10.0 Å². The number of carboxylic acid groups (broad SMARTS) is 1. The molecule has 1 aliphatic rings. The molecule has 0 aliphatic carbocycles. The third-order valence-corrected chi connectivity index (χ3v) is 6.10. The first-order valence-corrected chi connectivity index (χ1v) is 11.0. The standard InChI is InChI=1S/C27H28N2O3/c30-26(25(22-12-6-2-7-13-22)23-14-8-3-9-15-23)29-19-18-28(20-24(29)27(31)32)17-16-21-10-4-1-5-11-21/h1-15,24-25H,16-20H2,(H,31,32). The zero-order valence-electron chi connectivity index (χ0n) is 18.0. The number of aliphatic carboxylic acids is 1. The fourth-order valence-corrected chi connectivity index (χ4v) is 4.38. The summed E-state index contributed by atoms with van der Waals surface area (Å²) >= 11 is 0. The SMILES string of the molecule is O=C(O)C1CN(CCc2ccccc2)CCN1C(=O)C(c1ccccc1)c1ccccc1. The Hall–Kier alpha value is -3.44. The number of amides is 1. The van der Waals surface area contributed by atoms with Crippen LogP contribution in [0.15, 0.2) is 91.0 Å². The van der Waals surface area contributed by atoms with Crippen molar-refractivity contribution in [1.29, 1.82) is 0 Å². The lowest BCUT2D eigenvalue weighted by atomic mass is 9.89. The Kier molecular flexibility index (Phi) is 6.97. The monoisotopic (exact) mass is 428 g/mol. The van der Waals surface area contributed by atoms with E-state index in [9.17, 15) is 14.7 Å². The highest BCUT2D eigenvalue weighted by Gasteiger charge is 2.38. The van der Waals surface area contributed by atoms with Gasteiger partial charge in [0.05, 0.1) is 5.92 Å². The Morgan fingerprint density at radius 1 is 0.812 bits per heavy atom. The molecule has 32 heavy (non-hydrogen) atoms. The van der Waals surface area contributed by atoms with Crippen LogP contribution in [-0.4, -0.2) is 59.0 Å². The van der Waals surface area contributed by atoms with Crippen LogP contribution in [0, 0.1) is 0 Å². The lowest BCUT2D eigenvalue weighted by molar-refractivity contribution is -0.154. The molecule has 1 unspecified atom stereocenters. The van der Waals surface area contributed by atoms with Crippen molar-refractivity contribution < 1.29 is 14.7 Å². The summed E-state index contributed by atoms with van der Waals surface area (Å²) in [6.45, 7) is 2.18. The van der Waals surface area contributed by atoms with Crippen LogP contribution in [0.25, 0.3) is 0 Å². The first-order chi connectivity index (χ1) is 15.6. The third kappa shape index (κ3) is 5.06. The van der Waals surface area contributed by atoms with Gasteiger partial charge in [-0.25, -0.2) is 4.79 Å². The molecule has 1 N–H and O–H groups in total. The van der Waals surface area contributed by atoms with E-state index in [0.29, 0.717) is 19.6 Å². The van der Waals surface area contributed by atoms with Crippen molar-refractivity contribution in [1.82, 2.24) is 9.80 Å². The maximum Gasteiger partial charge on any atom is 0.327 e. The Morgan fingerprint density at radius 3 is 1.88 bits per heavy atom. The number of hydrogen-bond acceptors (Lipinski definition) is 3. The van der Waals surface area contributed by atoms with E-state index < -0.39 is 17.9 Å². The Morgan fingerprint density at radius 2 is 1.34 bits per heavy atom. The molecule has 3 aromatic rings. The van der Waals surface area contributed by atoms with Crippen LogP contribution in [0.1, 0.15) is 22.6 Å². The van der Waals surface area contributed by atoms with Gasteiger partial charge in [0.15, 0.2) is 0 Å². The number of hydrogen-bond donors (Lipinski definition) is 1. The molecule has 0 radical (unpaired) electrons. The molecule has 0 aromatic heterocycles. The van der Waals surface area contributed by atoms with Crippen LogP contribution >= 0.6 is 0 Å². The van der Waals surface area contributed by atoms with Crippen molar-refractivity contribution in [3.05, 3.63) is 108 Å². The minimum absolute atomic E-state index is 0.155. The van der Waals surface area contributed by atoms with E-state index >= 15 is 0 Å². The number of carbonyl (C=O) groups is 2. The zero-order valence-corrected chi connectivity index (χ0v) is 18.0. The molecule has 5 nitrogen and oxygen atoms in total. The Balaban J connectivity index is 1.53. The van der Waals surface area contributed by atoms with E-state index in [1.807, 2.05) is 78.9 Å². The van der Waals surface area contributed by atoms with Crippen molar-refractivity contribution in [3.8, 4) is 0 Å². The normalized spacial score (nSPS) is 16.8. The van der Waals surface area contributed by atoms with Crippen molar-refractivity contribution in [3.63, 3.8) is 0 Å². The highest BCUT2D eigenvalue weighted by Crippen LogP contribution is 2.28. The predicted molar refractivity (Wildman–Crippen MR) is 124 cm³/mol. The predicted octanol–water partition coefficient (Wildman–Crippen LogP) is 3.66. The van der Waals surface area contributed by atoms with Gasteiger partial charge in [-0.05, 0) is 23.1 Å². The molecule has 1 saturated heterocycles. The second kappa shape index (κ2) is 10.2. The number of carboxylic acids is 1. The van der Waals surface area contributed by atoms with Crippen LogP contribution in [0.4, 0.5) is 0 Å². The van der Waals surface area contributed by atoms with Crippen LogP contribution in [0.5, 0.6) is 0 Å². The van der Waals surface area contributed by atoms with Crippen molar-refractivity contribution >= 4 is 11.9 Å². The molecule has 3 aromatic carbocycles. The van der Waals surface area contributed by atoms with Gasteiger partial charge in [-0.3, -0.25) is 9.69 Å². The van der Waals surface area contributed by atoms with Crippen LogP contribution < -0.4 is 0 Å². The van der Waals surface area contributed by atoms with Gasteiger partial charge in [0.1, 0.15) is 6.04 Å². The molecule has 5 heteroatoms. The molecule has 0 spiro atoms. The van der Waals surface area contributed by atoms with Gasteiger partial charge in [-0.2, -0.15) is 0 Å². The molecule has 0 bridgehead atoms. The summed E-state index contributed by atoms with van der Waals surface area (Å²) in [6, 6.07) is 28.5. The lowest BCUT2D eigenvalue weighted by Crippen LogP contribution is -2.59. The molecule has 1 aliphatic heterocycles.